The van der Waals surface area contributed by atoms with Crippen LogP contribution in [0, 0.1) is 0 Å². The molecule has 0 N–H and O–H groups in total. The zero-order chi connectivity index (χ0) is 9.00. The Morgan fingerprint density at radius 1 is 0.636 bits per heavy atom. The number of hydrogen-bond donors (Lipinski definition) is 0. The van der Waals surface area contributed by atoms with Gasteiger partial charge in [-0.15, -0.1) is 0 Å². The summed E-state index contributed by atoms with van der Waals surface area (Å²) >= 11 is -11.5. The first-order chi connectivity index (χ1) is 4.00. The molecule has 0 aromatic rings. The molecule has 0 spiro atoms. The van der Waals surface area contributed by atoms with Gasteiger partial charge in [0, 0.05) is 0 Å². The van der Waals surface area contributed by atoms with E-state index in [0.717, 1.165) is 0 Å². The molecule has 0 fully saturated rings. The van der Waals surface area contributed by atoms with Crippen LogP contribution >= 0.6 is 0 Å². The predicted molar refractivity (Wildman–Crippen MR) is 20.0 cm³/mol. The second-order valence-corrected chi connectivity index (χ2v) is 4.24. The Morgan fingerprint density at radius 3 is 0.636 bits per heavy atom. The third-order valence-corrected chi connectivity index (χ3v) is 0. The van der Waals surface area contributed by atoms with Crippen molar-refractivity contribution < 1.29 is 32.1 Å². The Bertz CT molecular complexity index is 208. The zero-order valence-electron chi connectivity index (χ0n) is 4.58. The van der Waals surface area contributed by atoms with Crippen molar-refractivity contribution in [1.29, 1.82) is 0 Å². The average Bonchev–Trinajstić information content (AvgIpc) is 1.12. The van der Waals surface area contributed by atoms with Gasteiger partial charge in [0.25, 0.3) is 0 Å². The Hall–Kier alpha value is 1.00. The van der Waals surface area contributed by atoms with E-state index in [1.54, 1.807) is 0 Å². The second kappa shape index (κ2) is 6.51. The van der Waals surface area contributed by atoms with Gasteiger partial charge in [-0.1, -0.05) is 0 Å². The minimum atomic E-state index is -5.75. The standard InChI is InChI=1S/2H2O4Se.Pb/c2*1-5(2,3)4;/h2*(H2,1,2,3,4);/q;;+4/p-4. The summed E-state index contributed by atoms with van der Waals surface area (Å²) < 4.78 is 68.8. The van der Waals surface area contributed by atoms with E-state index in [1.807, 2.05) is 0 Å². The number of hydrogen-bond acceptors (Lipinski definition) is 8. The van der Waals surface area contributed by atoms with Crippen molar-refractivity contribution in [2.45, 2.75) is 0 Å². The van der Waals surface area contributed by atoms with Crippen LogP contribution in [0.15, 0.2) is 0 Å². The van der Waals surface area contributed by atoms with Crippen LogP contribution in [0.5, 0.6) is 0 Å². The normalized spacial score (nSPS) is 10.5. The van der Waals surface area contributed by atoms with E-state index in [9.17, 15) is 0 Å². The first-order valence-electron chi connectivity index (χ1n) is 1.33. The molecule has 11 heteroatoms. The minimum Gasteiger partial charge on any atom is 4.00 e. The summed E-state index contributed by atoms with van der Waals surface area (Å²) in [5, 5.41) is 0. The van der Waals surface area contributed by atoms with Gasteiger partial charge in [-0.25, -0.2) is 0 Å². The average molecular weight is 493 g/mol. The van der Waals surface area contributed by atoms with Gasteiger partial charge < -0.3 is 0 Å². The van der Waals surface area contributed by atoms with Gasteiger partial charge in [0.15, 0.2) is 0 Å². The molecule has 0 saturated heterocycles. The van der Waals surface area contributed by atoms with Gasteiger partial charge in [-0.3, -0.25) is 0 Å². The van der Waals surface area contributed by atoms with E-state index >= 15 is 0 Å². The van der Waals surface area contributed by atoms with Crippen molar-refractivity contribution in [2.24, 2.45) is 0 Å². The van der Waals surface area contributed by atoms with Crippen LogP contribution in [0.2, 0.25) is 0 Å². The molecule has 0 heterocycles. The molecular formula is O8PbSe2. The molecule has 0 aromatic heterocycles. The summed E-state index contributed by atoms with van der Waals surface area (Å²) in [5.74, 6) is 0. The van der Waals surface area contributed by atoms with E-state index < -0.39 is 26.7 Å². The fourth-order valence-corrected chi connectivity index (χ4v) is 0. The van der Waals surface area contributed by atoms with Crippen LogP contribution in [-0.2, 0) is 15.3 Å². The molecule has 0 aliphatic heterocycles. The van der Waals surface area contributed by atoms with Crippen LogP contribution in [0.1, 0.15) is 0 Å². The summed E-state index contributed by atoms with van der Waals surface area (Å²) in [4.78, 5) is 0. The molecule has 0 aliphatic rings. The maximum Gasteiger partial charge on any atom is 4.00 e. The molecule has 0 saturated carbocycles. The molecule has 0 aliphatic carbocycles. The largest absolute Gasteiger partial charge is 4.00 e. The fourth-order valence-electron chi connectivity index (χ4n) is 0. The van der Waals surface area contributed by atoms with Crippen molar-refractivity contribution in [3.05, 3.63) is 0 Å². The molecule has 11 heavy (non-hydrogen) atoms. The van der Waals surface area contributed by atoms with Crippen LogP contribution in [0.3, 0.4) is 0 Å². The summed E-state index contributed by atoms with van der Waals surface area (Å²) in [6.45, 7) is 0. The molecular weight excluding hydrogens is 493 g/mol. The minimum absolute atomic E-state index is 0. The molecule has 0 amide bonds. The van der Waals surface area contributed by atoms with Gasteiger partial charge in [0.1, 0.15) is 0 Å². The predicted octanol–water partition coefficient (Wildman–Crippen LogP) is -6.37. The van der Waals surface area contributed by atoms with Crippen LogP contribution < -0.4 is 16.8 Å². The molecule has 0 atom stereocenters. The molecule has 0 bridgehead atoms. The molecule has 8 nitrogen and oxygen atoms in total. The van der Waals surface area contributed by atoms with Crippen molar-refractivity contribution in [3.8, 4) is 0 Å². The smallest absolute Gasteiger partial charge is 4.00 e. The first kappa shape index (κ1) is 17.9. The molecule has 0 radical (unpaired) electrons. The summed E-state index contributed by atoms with van der Waals surface area (Å²) in [6, 6.07) is 0. The molecule has 0 rings (SSSR count). The summed E-state index contributed by atoms with van der Waals surface area (Å²) in [6.07, 6.45) is 0. The second-order valence-electron chi connectivity index (χ2n) is 0.816. The van der Waals surface area contributed by atoms with E-state index in [-0.39, 0.29) is 27.3 Å². The quantitative estimate of drug-likeness (QED) is 0.301. The Kier molecular flexibility index (Phi) is 10.6. The maximum atomic E-state index is 8.59. The monoisotopic (exact) mass is 496 g/mol. The van der Waals surface area contributed by atoms with Gasteiger partial charge in [-0.2, -0.15) is 0 Å². The number of rotatable bonds is 0. The van der Waals surface area contributed by atoms with Crippen molar-refractivity contribution in [1.82, 2.24) is 0 Å². The van der Waals surface area contributed by atoms with Gasteiger partial charge in [0.05, 0.1) is 0 Å². The summed E-state index contributed by atoms with van der Waals surface area (Å²) in [5.41, 5.74) is 0. The third-order valence-electron chi connectivity index (χ3n) is 0. The zero-order valence-corrected chi connectivity index (χ0v) is 11.9. The van der Waals surface area contributed by atoms with E-state index in [0.29, 0.717) is 0 Å². The first-order valence-corrected chi connectivity index (χ1v) is 6.93. The van der Waals surface area contributed by atoms with Crippen LogP contribution in [-0.4, -0.2) is 54.0 Å². The van der Waals surface area contributed by atoms with E-state index in [1.165, 1.54) is 0 Å². The molecule has 64 valence electrons. The van der Waals surface area contributed by atoms with Crippen LogP contribution in [0.25, 0.3) is 0 Å². The maximum absolute atomic E-state index is 8.59. The van der Waals surface area contributed by atoms with Crippen molar-refractivity contribution in [2.75, 3.05) is 0 Å². The molecule has 0 unspecified atom stereocenters. The topological polar surface area (TPSA) is 161 Å². The fraction of sp³-hybridized carbons (Fsp3) is 0. The van der Waals surface area contributed by atoms with Crippen LogP contribution in [0.4, 0.5) is 0 Å². The van der Waals surface area contributed by atoms with Crippen molar-refractivity contribution in [3.63, 3.8) is 0 Å². The third kappa shape index (κ3) is 889. The van der Waals surface area contributed by atoms with Gasteiger partial charge >= 0.3 is 86.1 Å². The van der Waals surface area contributed by atoms with E-state index in [4.69, 9.17) is 32.1 Å². The SMILES string of the molecule is O=[Se](=O)([O-])[O-].O=[Se](=O)([O-])[O-].[Pb+4]. The van der Waals surface area contributed by atoms with Gasteiger partial charge in [-0.05, 0) is 0 Å². The molecule has 0 aromatic carbocycles. The Labute approximate surface area is 85.6 Å². The summed E-state index contributed by atoms with van der Waals surface area (Å²) in [7, 11) is 0. The van der Waals surface area contributed by atoms with E-state index in [2.05, 4.69) is 0 Å². The Morgan fingerprint density at radius 2 is 0.636 bits per heavy atom. The van der Waals surface area contributed by atoms with Gasteiger partial charge in [0.2, 0.25) is 0 Å². The van der Waals surface area contributed by atoms with Crippen molar-refractivity contribution >= 4 is 54.0 Å². The Balaban J connectivity index is -0.000000107.